The van der Waals surface area contributed by atoms with Gasteiger partial charge in [0.05, 0.1) is 0 Å². The van der Waals surface area contributed by atoms with Crippen molar-refractivity contribution in [2.45, 2.75) is 25.9 Å². The van der Waals surface area contributed by atoms with Gasteiger partial charge in [-0.25, -0.2) is 0 Å². The molecule has 0 heterocycles. The molecule has 150 valence electrons. The molecule has 1 N–H and O–H groups in total. The highest BCUT2D eigenvalue weighted by Gasteiger charge is 2.28. The minimum absolute atomic E-state index is 0.171. The largest absolute Gasteiger partial charge is 0.484 e. The lowest BCUT2D eigenvalue weighted by molar-refractivity contribution is -0.142. The fraction of sp³-hybridized carbons (Fsp3) is 0.300. The summed E-state index contributed by atoms with van der Waals surface area (Å²) in [5.74, 6) is 0.00276. The van der Waals surface area contributed by atoms with E-state index in [1.807, 2.05) is 19.1 Å². The maximum atomic E-state index is 12.9. The summed E-state index contributed by atoms with van der Waals surface area (Å²) >= 11 is 15.6. The van der Waals surface area contributed by atoms with Crippen molar-refractivity contribution in [2.24, 2.45) is 0 Å². The lowest BCUT2D eigenvalue weighted by atomic mass is 10.1. The first kappa shape index (κ1) is 22.5. The second-order valence-corrected chi connectivity index (χ2v) is 7.80. The summed E-state index contributed by atoms with van der Waals surface area (Å²) in [6.45, 7) is 1.82. The monoisotopic (exact) mass is 486 g/mol. The van der Waals surface area contributed by atoms with Crippen molar-refractivity contribution >= 4 is 50.9 Å². The number of nitrogens with one attached hydrogen (secondary N) is 1. The topological polar surface area (TPSA) is 58.6 Å². The van der Waals surface area contributed by atoms with E-state index in [4.69, 9.17) is 27.9 Å². The predicted octanol–water partition coefficient (Wildman–Crippen LogP) is 4.69. The van der Waals surface area contributed by atoms with Gasteiger partial charge in [-0.3, -0.25) is 9.59 Å². The Balaban J connectivity index is 2.21. The molecule has 28 heavy (non-hydrogen) atoms. The van der Waals surface area contributed by atoms with Crippen molar-refractivity contribution in [3.63, 3.8) is 0 Å². The first-order valence-corrected chi connectivity index (χ1v) is 10.2. The highest BCUT2D eigenvalue weighted by Crippen LogP contribution is 2.24. The van der Waals surface area contributed by atoms with Crippen LogP contribution in [0.5, 0.6) is 5.75 Å². The number of carbonyl (C=O) groups is 2. The van der Waals surface area contributed by atoms with Crippen LogP contribution in [0.2, 0.25) is 10.0 Å². The molecule has 2 aromatic carbocycles. The van der Waals surface area contributed by atoms with E-state index in [-0.39, 0.29) is 25.0 Å². The molecular weight excluding hydrogens is 467 g/mol. The molecule has 1 atom stereocenters. The van der Waals surface area contributed by atoms with Crippen LogP contribution in [0.1, 0.15) is 18.9 Å². The molecule has 0 fully saturated rings. The van der Waals surface area contributed by atoms with Crippen LogP contribution in [0.15, 0.2) is 46.9 Å². The lowest BCUT2D eigenvalue weighted by Crippen LogP contribution is -2.49. The fourth-order valence-electron chi connectivity index (χ4n) is 2.68. The van der Waals surface area contributed by atoms with Gasteiger partial charge >= 0.3 is 0 Å². The highest BCUT2D eigenvalue weighted by molar-refractivity contribution is 9.10. The molecule has 0 aliphatic rings. The third kappa shape index (κ3) is 6.12. The molecule has 0 bridgehead atoms. The van der Waals surface area contributed by atoms with Gasteiger partial charge in [0.1, 0.15) is 11.8 Å². The number of ether oxygens (including phenoxy) is 1. The van der Waals surface area contributed by atoms with Gasteiger partial charge in [0.25, 0.3) is 5.91 Å². The van der Waals surface area contributed by atoms with Gasteiger partial charge in [-0.05, 0) is 48.4 Å². The number of amides is 2. The summed E-state index contributed by atoms with van der Waals surface area (Å²) in [6, 6.07) is 11.6. The molecule has 0 aromatic heterocycles. The smallest absolute Gasteiger partial charge is 0.261 e. The molecule has 0 aliphatic carbocycles. The van der Waals surface area contributed by atoms with Gasteiger partial charge in [-0.1, -0.05) is 52.1 Å². The van der Waals surface area contributed by atoms with Crippen LogP contribution in [-0.2, 0) is 16.1 Å². The number of halogens is 3. The van der Waals surface area contributed by atoms with E-state index in [2.05, 4.69) is 21.2 Å². The van der Waals surface area contributed by atoms with E-state index in [1.54, 1.807) is 37.4 Å². The zero-order chi connectivity index (χ0) is 20.7. The Kier molecular flexibility index (Phi) is 8.60. The van der Waals surface area contributed by atoms with Crippen LogP contribution in [-0.4, -0.2) is 36.4 Å². The third-order valence-electron chi connectivity index (χ3n) is 4.16. The number of likely N-dealkylation sites (N-methyl/N-ethyl adjacent to an activating group) is 1. The Morgan fingerprint density at radius 1 is 1.18 bits per heavy atom. The normalized spacial score (nSPS) is 11.6. The van der Waals surface area contributed by atoms with Crippen molar-refractivity contribution in [2.75, 3.05) is 13.7 Å². The van der Waals surface area contributed by atoms with Crippen molar-refractivity contribution < 1.29 is 14.3 Å². The molecule has 0 spiro atoms. The number of hydrogen-bond donors (Lipinski definition) is 1. The van der Waals surface area contributed by atoms with E-state index in [9.17, 15) is 9.59 Å². The molecule has 0 saturated carbocycles. The first-order chi connectivity index (χ1) is 13.3. The quantitative estimate of drug-likeness (QED) is 0.587. The molecule has 0 unspecified atom stereocenters. The number of rotatable bonds is 8. The first-order valence-electron chi connectivity index (χ1n) is 8.69. The van der Waals surface area contributed by atoms with E-state index in [1.165, 1.54) is 4.90 Å². The summed E-state index contributed by atoms with van der Waals surface area (Å²) in [6.07, 6.45) is 0.453. The average Bonchev–Trinajstić information content (AvgIpc) is 2.68. The standard InChI is InChI=1S/C20H21BrCl2N2O3/c1-3-18(20(27)24-2)25(11-13-4-7-15(22)10-17(13)23)19(26)12-28-16-8-5-14(21)6-9-16/h4-10,18H,3,11-12H2,1-2H3,(H,24,27)/t18-/m1/s1. The summed E-state index contributed by atoms with van der Waals surface area (Å²) in [4.78, 5) is 26.7. The lowest BCUT2D eigenvalue weighted by Gasteiger charge is -2.30. The number of hydrogen-bond acceptors (Lipinski definition) is 3. The average molecular weight is 488 g/mol. The fourth-order valence-corrected chi connectivity index (χ4v) is 3.41. The second kappa shape index (κ2) is 10.7. The molecule has 2 aromatic rings. The van der Waals surface area contributed by atoms with Crippen LogP contribution >= 0.6 is 39.1 Å². The summed E-state index contributed by atoms with van der Waals surface area (Å²) in [5.41, 5.74) is 0.699. The molecule has 2 rings (SSSR count). The van der Waals surface area contributed by atoms with Gasteiger partial charge in [0.2, 0.25) is 5.91 Å². The Hall–Kier alpha value is -1.76. The van der Waals surface area contributed by atoms with Crippen LogP contribution in [0.3, 0.4) is 0 Å². The molecule has 2 amide bonds. The van der Waals surface area contributed by atoms with Crippen molar-refractivity contribution in [3.05, 3.63) is 62.5 Å². The molecule has 5 nitrogen and oxygen atoms in total. The maximum absolute atomic E-state index is 12.9. The highest BCUT2D eigenvalue weighted by atomic mass is 79.9. The van der Waals surface area contributed by atoms with Gasteiger partial charge in [-0.15, -0.1) is 0 Å². The second-order valence-electron chi connectivity index (χ2n) is 6.04. The number of carbonyl (C=O) groups excluding carboxylic acids is 2. The minimum Gasteiger partial charge on any atom is -0.484 e. The SMILES string of the molecule is CC[C@H](C(=O)NC)N(Cc1ccc(Cl)cc1Cl)C(=O)COc1ccc(Br)cc1. The van der Waals surface area contributed by atoms with Gasteiger partial charge in [-0.2, -0.15) is 0 Å². The molecular formula is C20H21BrCl2N2O3. The maximum Gasteiger partial charge on any atom is 0.261 e. The van der Waals surface area contributed by atoms with Crippen LogP contribution < -0.4 is 10.1 Å². The van der Waals surface area contributed by atoms with Gasteiger partial charge in [0, 0.05) is 28.1 Å². The number of benzene rings is 2. The third-order valence-corrected chi connectivity index (χ3v) is 5.28. The van der Waals surface area contributed by atoms with Crippen LogP contribution in [0.4, 0.5) is 0 Å². The minimum atomic E-state index is -0.641. The summed E-state index contributed by atoms with van der Waals surface area (Å²) in [5, 5.41) is 3.55. The van der Waals surface area contributed by atoms with Crippen molar-refractivity contribution in [1.29, 1.82) is 0 Å². The van der Waals surface area contributed by atoms with Crippen molar-refractivity contribution in [1.82, 2.24) is 10.2 Å². The number of nitrogens with zero attached hydrogens (tertiary/aromatic N) is 1. The van der Waals surface area contributed by atoms with E-state index >= 15 is 0 Å². The van der Waals surface area contributed by atoms with E-state index < -0.39 is 6.04 Å². The van der Waals surface area contributed by atoms with Crippen LogP contribution in [0, 0.1) is 0 Å². The molecule has 8 heteroatoms. The van der Waals surface area contributed by atoms with E-state index in [0.717, 1.165) is 4.47 Å². The Labute approximate surface area is 183 Å². The van der Waals surface area contributed by atoms with Gasteiger partial charge < -0.3 is 15.0 Å². The van der Waals surface area contributed by atoms with Crippen LogP contribution in [0.25, 0.3) is 0 Å². The summed E-state index contributed by atoms with van der Waals surface area (Å²) < 4.78 is 6.51. The zero-order valence-corrected chi connectivity index (χ0v) is 18.6. The molecule has 0 radical (unpaired) electrons. The molecule has 0 aliphatic heterocycles. The zero-order valence-electron chi connectivity index (χ0n) is 15.5. The Morgan fingerprint density at radius 2 is 1.86 bits per heavy atom. The Bertz CT molecular complexity index is 831. The summed E-state index contributed by atoms with van der Waals surface area (Å²) in [7, 11) is 1.54. The van der Waals surface area contributed by atoms with Crippen molar-refractivity contribution in [3.8, 4) is 5.75 Å². The Morgan fingerprint density at radius 3 is 2.43 bits per heavy atom. The molecule has 0 saturated heterocycles. The predicted molar refractivity (Wildman–Crippen MR) is 115 cm³/mol. The van der Waals surface area contributed by atoms with Gasteiger partial charge in [0.15, 0.2) is 6.61 Å². The van der Waals surface area contributed by atoms with E-state index in [0.29, 0.717) is 27.8 Å².